The normalized spacial score (nSPS) is 20.3. The van der Waals surface area contributed by atoms with Crippen LogP contribution in [0.5, 0.6) is 0 Å². The molecule has 4 heteroatoms. The first-order valence-corrected chi connectivity index (χ1v) is 6.17. The lowest BCUT2D eigenvalue weighted by Crippen LogP contribution is -2.44. The van der Waals surface area contributed by atoms with Gasteiger partial charge in [0.1, 0.15) is 0 Å². The average Bonchev–Trinajstić information content (AvgIpc) is 2.83. The first-order chi connectivity index (χ1) is 9.06. The summed E-state index contributed by atoms with van der Waals surface area (Å²) in [5.74, 6) is -1.36. The van der Waals surface area contributed by atoms with Gasteiger partial charge in [0.25, 0.3) is 0 Å². The third-order valence-corrected chi connectivity index (χ3v) is 3.57. The van der Waals surface area contributed by atoms with E-state index in [1.807, 2.05) is 6.08 Å². The summed E-state index contributed by atoms with van der Waals surface area (Å²) in [4.78, 5) is 24.3. The van der Waals surface area contributed by atoms with Crippen LogP contribution in [-0.4, -0.2) is 26.2 Å². The first kappa shape index (κ1) is 15.2. The second-order valence-corrected chi connectivity index (χ2v) is 4.55. The van der Waals surface area contributed by atoms with Crippen LogP contribution >= 0.6 is 0 Å². The zero-order valence-corrected chi connectivity index (χ0v) is 11.5. The molecule has 0 aromatic heterocycles. The SMILES string of the molecule is C=CCCC1C=C(C=C)CC1(C(=O)OC)C(=O)OC. The highest BCUT2D eigenvalue weighted by molar-refractivity contribution is 6.01. The summed E-state index contributed by atoms with van der Waals surface area (Å²) in [6.07, 6.45) is 6.96. The molecule has 0 spiro atoms. The van der Waals surface area contributed by atoms with Gasteiger partial charge in [-0.05, 0) is 19.3 Å². The molecule has 0 radical (unpaired) electrons. The van der Waals surface area contributed by atoms with E-state index in [2.05, 4.69) is 13.2 Å². The molecule has 0 aromatic rings. The number of carbonyl (C=O) groups is 2. The Morgan fingerprint density at radius 1 is 1.37 bits per heavy atom. The first-order valence-electron chi connectivity index (χ1n) is 6.17. The topological polar surface area (TPSA) is 52.6 Å². The minimum atomic E-state index is -1.28. The van der Waals surface area contributed by atoms with Crippen molar-refractivity contribution in [2.45, 2.75) is 19.3 Å². The van der Waals surface area contributed by atoms with Crippen LogP contribution in [0, 0.1) is 11.3 Å². The van der Waals surface area contributed by atoms with E-state index in [4.69, 9.17) is 9.47 Å². The maximum atomic E-state index is 12.2. The molecule has 1 rings (SSSR count). The van der Waals surface area contributed by atoms with Gasteiger partial charge in [-0.2, -0.15) is 0 Å². The van der Waals surface area contributed by atoms with E-state index >= 15 is 0 Å². The van der Waals surface area contributed by atoms with Gasteiger partial charge in [0.2, 0.25) is 0 Å². The van der Waals surface area contributed by atoms with Crippen molar-refractivity contribution in [3.8, 4) is 0 Å². The van der Waals surface area contributed by atoms with E-state index in [1.54, 1.807) is 12.2 Å². The molecule has 0 saturated carbocycles. The van der Waals surface area contributed by atoms with Crippen LogP contribution in [-0.2, 0) is 19.1 Å². The fourth-order valence-corrected chi connectivity index (χ4v) is 2.57. The molecule has 1 unspecified atom stereocenters. The molecule has 1 atom stereocenters. The Kier molecular flexibility index (Phi) is 5.10. The number of ether oxygens (including phenoxy) is 2. The molecule has 1 aliphatic carbocycles. The third-order valence-electron chi connectivity index (χ3n) is 3.57. The molecule has 0 N–H and O–H groups in total. The van der Waals surface area contributed by atoms with Crippen molar-refractivity contribution >= 4 is 11.9 Å². The van der Waals surface area contributed by atoms with Gasteiger partial charge < -0.3 is 9.47 Å². The van der Waals surface area contributed by atoms with Gasteiger partial charge in [0.05, 0.1) is 14.2 Å². The van der Waals surface area contributed by atoms with Crippen molar-refractivity contribution in [1.29, 1.82) is 0 Å². The number of methoxy groups -OCH3 is 2. The average molecular weight is 264 g/mol. The fraction of sp³-hybridized carbons (Fsp3) is 0.467. The zero-order valence-electron chi connectivity index (χ0n) is 11.5. The minimum absolute atomic E-state index is 0.251. The highest BCUT2D eigenvalue weighted by Crippen LogP contribution is 2.46. The van der Waals surface area contributed by atoms with Crippen molar-refractivity contribution in [3.63, 3.8) is 0 Å². The summed E-state index contributed by atoms with van der Waals surface area (Å²) in [5.41, 5.74) is -0.416. The third kappa shape index (κ3) is 2.62. The molecule has 0 amide bonds. The zero-order chi connectivity index (χ0) is 14.5. The standard InChI is InChI=1S/C15H20O4/c1-5-7-8-12-9-11(6-2)10-15(12,13(16)18-3)14(17)19-4/h5-6,9,12H,1-2,7-8,10H2,3-4H3. The highest BCUT2D eigenvalue weighted by atomic mass is 16.5. The smallest absolute Gasteiger partial charge is 0.324 e. The molecule has 0 fully saturated rings. The Labute approximate surface area is 113 Å². The van der Waals surface area contributed by atoms with Crippen molar-refractivity contribution < 1.29 is 19.1 Å². The Bertz CT molecular complexity index is 404. The van der Waals surface area contributed by atoms with Crippen LogP contribution < -0.4 is 0 Å². The number of hydrogen-bond donors (Lipinski definition) is 0. The number of esters is 2. The number of hydrogen-bond acceptors (Lipinski definition) is 4. The second kappa shape index (κ2) is 6.36. The highest BCUT2D eigenvalue weighted by Gasteiger charge is 2.56. The van der Waals surface area contributed by atoms with Gasteiger partial charge in [-0.25, -0.2) is 0 Å². The molecule has 0 heterocycles. The Morgan fingerprint density at radius 3 is 2.37 bits per heavy atom. The molecule has 0 aromatic carbocycles. The minimum Gasteiger partial charge on any atom is -0.468 e. The monoisotopic (exact) mass is 264 g/mol. The molecule has 19 heavy (non-hydrogen) atoms. The van der Waals surface area contributed by atoms with E-state index in [1.165, 1.54) is 14.2 Å². The van der Waals surface area contributed by atoms with Gasteiger partial charge in [0, 0.05) is 5.92 Å². The maximum absolute atomic E-state index is 12.2. The Morgan fingerprint density at radius 2 is 1.95 bits per heavy atom. The summed E-state index contributed by atoms with van der Waals surface area (Å²) in [6, 6.07) is 0. The Hall–Kier alpha value is -1.84. The van der Waals surface area contributed by atoms with Crippen LogP contribution in [0.1, 0.15) is 19.3 Å². The van der Waals surface area contributed by atoms with E-state index in [9.17, 15) is 9.59 Å². The predicted octanol–water partition coefficient (Wildman–Crippen LogP) is 2.42. The summed E-state index contributed by atoms with van der Waals surface area (Å²) < 4.78 is 9.66. The molecular formula is C15H20O4. The van der Waals surface area contributed by atoms with E-state index in [0.717, 1.165) is 5.57 Å². The number of carbonyl (C=O) groups excluding carboxylic acids is 2. The van der Waals surface area contributed by atoms with Crippen molar-refractivity contribution in [2.75, 3.05) is 14.2 Å². The quantitative estimate of drug-likeness (QED) is 0.420. The van der Waals surface area contributed by atoms with Crippen molar-refractivity contribution in [2.24, 2.45) is 11.3 Å². The summed E-state index contributed by atoms with van der Waals surface area (Å²) in [7, 11) is 2.56. The van der Waals surface area contributed by atoms with Gasteiger partial charge >= 0.3 is 11.9 Å². The van der Waals surface area contributed by atoms with E-state index in [0.29, 0.717) is 12.8 Å². The summed E-state index contributed by atoms with van der Waals surface area (Å²) >= 11 is 0. The number of allylic oxidation sites excluding steroid dienone is 4. The number of rotatable bonds is 6. The molecular weight excluding hydrogens is 244 g/mol. The molecule has 4 nitrogen and oxygen atoms in total. The van der Waals surface area contributed by atoms with E-state index < -0.39 is 17.4 Å². The summed E-state index contributed by atoms with van der Waals surface area (Å²) in [6.45, 7) is 7.37. The fourth-order valence-electron chi connectivity index (χ4n) is 2.57. The molecule has 0 saturated heterocycles. The lowest BCUT2D eigenvalue weighted by molar-refractivity contribution is -0.171. The lowest BCUT2D eigenvalue weighted by atomic mass is 9.74. The van der Waals surface area contributed by atoms with Crippen LogP contribution in [0.15, 0.2) is 37.0 Å². The van der Waals surface area contributed by atoms with Crippen LogP contribution in [0.2, 0.25) is 0 Å². The summed E-state index contributed by atoms with van der Waals surface area (Å²) in [5, 5.41) is 0. The molecule has 104 valence electrons. The van der Waals surface area contributed by atoms with Gasteiger partial charge in [-0.1, -0.05) is 30.4 Å². The Balaban J connectivity index is 3.19. The maximum Gasteiger partial charge on any atom is 0.324 e. The van der Waals surface area contributed by atoms with Gasteiger partial charge in [-0.15, -0.1) is 6.58 Å². The van der Waals surface area contributed by atoms with Crippen LogP contribution in [0.4, 0.5) is 0 Å². The van der Waals surface area contributed by atoms with Crippen LogP contribution in [0.3, 0.4) is 0 Å². The van der Waals surface area contributed by atoms with E-state index in [-0.39, 0.29) is 12.3 Å². The second-order valence-electron chi connectivity index (χ2n) is 4.55. The van der Waals surface area contributed by atoms with Gasteiger partial charge in [-0.3, -0.25) is 9.59 Å². The predicted molar refractivity (Wildman–Crippen MR) is 72.3 cm³/mol. The van der Waals surface area contributed by atoms with Crippen LogP contribution in [0.25, 0.3) is 0 Å². The molecule has 1 aliphatic rings. The van der Waals surface area contributed by atoms with Crippen molar-refractivity contribution in [3.05, 3.63) is 37.0 Å². The largest absolute Gasteiger partial charge is 0.468 e. The molecule has 0 aliphatic heterocycles. The lowest BCUT2D eigenvalue weighted by Gasteiger charge is -2.29. The van der Waals surface area contributed by atoms with Crippen molar-refractivity contribution in [1.82, 2.24) is 0 Å². The molecule has 0 bridgehead atoms. The van der Waals surface area contributed by atoms with Gasteiger partial charge in [0.15, 0.2) is 5.41 Å².